The van der Waals surface area contributed by atoms with E-state index in [1.807, 2.05) is 0 Å². The zero-order chi connectivity index (χ0) is 10.8. The number of halogens is 1. The maximum atomic E-state index is 13.7. The van der Waals surface area contributed by atoms with Crippen LogP contribution in [-0.4, -0.2) is 12.9 Å². The summed E-state index contributed by atoms with van der Waals surface area (Å²) in [4.78, 5) is 0. The molecule has 0 aromatic heterocycles. The van der Waals surface area contributed by atoms with Gasteiger partial charge < -0.3 is 10.5 Å². The Hall–Kier alpha value is -0.740. The van der Waals surface area contributed by atoms with Gasteiger partial charge in [0.05, 0.1) is 7.11 Å². The van der Waals surface area contributed by atoms with Gasteiger partial charge in [0.2, 0.25) is 0 Å². The van der Waals surface area contributed by atoms with Gasteiger partial charge in [-0.3, -0.25) is 0 Å². The van der Waals surface area contributed by atoms with Crippen LogP contribution in [-0.2, 0) is 5.75 Å². The molecule has 0 unspecified atom stereocenters. The van der Waals surface area contributed by atoms with Crippen molar-refractivity contribution in [1.82, 2.24) is 0 Å². The van der Waals surface area contributed by atoms with Crippen LogP contribution >= 0.6 is 11.8 Å². The van der Waals surface area contributed by atoms with Crippen LogP contribution in [0.25, 0.3) is 0 Å². The van der Waals surface area contributed by atoms with E-state index in [1.165, 1.54) is 6.07 Å². The van der Waals surface area contributed by atoms with E-state index >= 15 is 0 Å². The Kier molecular flexibility index (Phi) is 3.17. The van der Waals surface area contributed by atoms with Gasteiger partial charge in [0.25, 0.3) is 0 Å². The summed E-state index contributed by atoms with van der Waals surface area (Å²) in [5, 5.41) is 0. The molecule has 0 saturated carbocycles. The Morgan fingerprint density at radius 1 is 1.53 bits per heavy atom. The van der Waals surface area contributed by atoms with Crippen molar-refractivity contribution in [3.05, 3.63) is 29.1 Å². The summed E-state index contributed by atoms with van der Waals surface area (Å²) in [6.07, 6.45) is 0.821. The van der Waals surface area contributed by atoms with Gasteiger partial charge in [0.1, 0.15) is 11.6 Å². The van der Waals surface area contributed by atoms with E-state index in [4.69, 9.17) is 10.5 Å². The van der Waals surface area contributed by atoms with Crippen molar-refractivity contribution in [2.45, 2.75) is 18.2 Å². The van der Waals surface area contributed by atoms with Gasteiger partial charge in [-0.1, -0.05) is 0 Å². The minimum Gasteiger partial charge on any atom is -0.496 e. The maximum Gasteiger partial charge on any atom is 0.128 e. The van der Waals surface area contributed by atoms with Crippen molar-refractivity contribution in [2.24, 2.45) is 5.73 Å². The van der Waals surface area contributed by atoms with Crippen LogP contribution in [0.3, 0.4) is 0 Å². The molecule has 1 aliphatic heterocycles. The largest absolute Gasteiger partial charge is 0.496 e. The van der Waals surface area contributed by atoms with Gasteiger partial charge >= 0.3 is 0 Å². The number of hydrogen-bond acceptors (Lipinski definition) is 3. The molecule has 0 saturated heterocycles. The molecule has 0 bridgehead atoms. The summed E-state index contributed by atoms with van der Waals surface area (Å²) >= 11 is 1.77. The molecule has 1 heterocycles. The monoisotopic (exact) mass is 227 g/mol. The lowest BCUT2D eigenvalue weighted by Crippen LogP contribution is -2.14. The Morgan fingerprint density at radius 3 is 3.07 bits per heavy atom. The predicted molar refractivity (Wildman–Crippen MR) is 60.7 cm³/mol. The zero-order valence-electron chi connectivity index (χ0n) is 8.63. The maximum absolute atomic E-state index is 13.7. The molecule has 0 fully saturated rings. The first-order valence-electron chi connectivity index (χ1n) is 4.92. The summed E-state index contributed by atoms with van der Waals surface area (Å²) in [6.45, 7) is 0. The second kappa shape index (κ2) is 4.41. The van der Waals surface area contributed by atoms with E-state index in [1.54, 1.807) is 24.9 Å². The number of ether oxygens (including phenoxy) is 1. The Morgan fingerprint density at radius 2 is 2.33 bits per heavy atom. The highest BCUT2D eigenvalue weighted by Crippen LogP contribution is 2.36. The van der Waals surface area contributed by atoms with E-state index in [0.29, 0.717) is 5.56 Å². The molecule has 15 heavy (non-hydrogen) atoms. The molecule has 0 aliphatic carbocycles. The molecule has 0 radical (unpaired) electrons. The highest BCUT2D eigenvalue weighted by Gasteiger charge is 2.22. The van der Waals surface area contributed by atoms with E-state index in [2.05, 4.69) is 0 Å². The lowest BCUT2D eigenvalue weighted by atomic mass is 9.98. The fraction of sp³-hybridized carbons (Fsp3) is 0.455. The molecular weight excluding hydrogens is 213 g/mol. The van der Waals surface area contributed by atoms with E-state index in [9.17, 15) is 4.39 Å². The molecule has 2 N–H and O–H groups in total. The molecule has 4 heteroatoms. The van der Waals surface area contributed by atoms with Gasteiger partial charge in [0, 0.05) is 22.9 Å². The van der Waals surface area contributed by atoms with Crippen molar-refractivity contribution in [3.8, 4) is 5.75 Å². The molecule has 2 nitrogen and oxygen atoms in total. The standard InChI is InChI=1S/C11H14FNOS/c1-14-10-3-2-8(12)11-7(10)6-15-5-4-9(11)13/h2-3,9H,4-6,13H2,1H3/t9-/m0/s1. The first-order valence-corrected chi connectivity index (χ1v) is 6.08. The van der Waals surface area contributed by atoms with E-state index in [-0.39, 0.29) is 11.9 Å². The van der Waals surface area contributed by atoms with Crippen LogP contribution in [0.4, 0.5) is 4.39 Å². The predicted octanol–water partition coefficient (Wildman–Crippen LogP) is 2.47. The third kappa shape index (κ3) is 1.96. The van der Waals surface area contributed by atoms with Crippen molar-refractivity contribution < 1.29 is 9.13 Å². The number of fused-ring (bicyclic) bond motifs is 1. The first kappa shape index (κ1) is 10.8. The zero-order valence-corrected chi connectivity index (χ0v) is 9.44. The molecule has 1 aromatic rings. The fourth-order valence-electron chi connectivity index (χ4n) is 1.89. The summed E-state index contributed by atoms with van der Waals surface area (Å²) in [5.74, 6) is 2.29. The highest BCUT2D eigenvalue weighted by molar-refractivity contribution is 7.98. The van der Waals surface area contributed by atoms with Crippen LogP contribution in [0.2, 0.25) is 0 Å². The van der Waals surface area contributed by atoms with E-state index in [0.717, 1.165) is 29.2 Å². The van der Waals surface area contributed by atoms with Crippen molar-refractivity contribution >= 4 is 11.8 Å². The van der Waals surface area contributed by atoms with Gasteiger partial charge in [-0.25, -0.2) is 4.39 Å². The molecule has 1 aromatic carbocycles. The number of benzene rings is 1. The second-order valence-corrected chi connectivity index (χ2v) is 4.69. The average Bonchev–Trinajstić information content (AvgIpc) is 2.42. The minimum atomic E-state index is -0.208. The average molecular weight is 227 g/mol. The topological polar surface area (TPSA) is 35.2 Å². The summed E-state index contributed by atoms with van der Waals surface area (Å²) < 4.78 is 18.9. The highest BCUT2D eigenvalue weighted by atomic mass is 32.2. The van der Waals surface area contributed by atoms with Crippen LogP contribution < -0.4 is 10.5 Å². The number of nitrogens with two attached hydrogens (primary N) is 1. The quantitative estimate of drug-likeness (QED) is 0.800. The molecule has 1 aliphatic rings. The second-order valence-electron chi connectivity index (χ2n) is 3.59. The van der Waals surface area contributed by atoms with Gasteiger partial charge in [-0.15, -0.1) is 0 Å². The third-order valence-electron chi connectivity index (χ3n) is 2.67. The molecule has 0 amide bonds. The van der Waals surface area contributed by atoms with Crippen molar-refractivity contribution in [2.75, 3.05) is 12.9 Å². The lowest BCUT2D eigenvalue weighted by Gasteiger charge is -2.15. The normalized spacial score (nSPS) is 20.6. The SMILES string of the molecule is COc1ccc(F)c2c1CSCC[C@@H]2N. The van der Waals surface area contributed by atoms with E-state index < -0.39 is 0 Å². The van der Waals surface area contributed by atoms with Crippen LogP contribution in [0.5, 0.6) is 5.75 Å². The lowest BCUT2D eigenvalue weighted by molar-refractivity contribution is 0.408. The third-order valence-corrected chi connectivity index (χ3v) is 3.69. The molecule has 0 spiro atoms. The van der Waals surface area contributed by atoms with Crippen LogP contribution in [0.1, 0.15) is 23.6 Å². The van der Waals surface area contributed by atoms with Crippen molar-refractivity contribution in [3.63, 3.8) is 0 Å². The van der Waals surface area contributed by atoms with Crippen LogP contribution in [0.15, 0.2) is 12.1 Å². The molecule has 82 valence electrons. The van der Waals surface area contributed by atoms with Gasteiger partial charge in [-0.05, 0) is 24.3 Å². The fourth-order valence-corrected chi connectivity index (χ4v) is 2.95. The number of hydrogen-bond donors (Lipinski definition) is 1. The smallest absolute Gasteiger partial charge is 0.128 e. The van der Waals surface area contributed by atoms with Crippen LogP contribution in [0, 0.1) is 5.82 Å². The van der Waals surface area contributed by atoms with Crippen molar-refractivity contribution in [1.29, 1.82) is 0 Å². The minimum absolute atomic E-state index is 0.204. The summed E-state index contributed by atoms with van der Waals surface area (Å²) in [7, 11) is 1.61. The number of thioether (sulfide) groups is 1. The first-order chi connectivity index (χ1) is 7.24. The Balaban J connectivity index is 2.55. The summed E-state index contributed by atoms with van der Waals surface area (Å²) in [5.41, 5.74) is 7.52. The number of rotatable bonds is 1. The van der Waals surface area contributed by atoms with Gasteiger partial charge in [-0.2, -0.15) is 11.8 Å². The summed E-state index contributed by atoms with van der Waals surface area (Å²) in [6, 6.07) is 2.91. The van der Waals surface area contributed by atoms with Gasteiger partial charge in [0.15, 0.2) is 0 Å². The molecule has 1 atom stereocenters. The Bertz CT molecular complexity index is 370. The molecule has 2 rings (SSSR count). The molecular formula is C11H14FNOS. The Labute approximate surface area is 93.0 Å². The number of methoxy groups -OCH3 is 1.